The van der Waals surface area contributed by atoms with Gasteiger partial charge in [-0.05, 0) is 24.6 Å². The molecule has 19 heavy (non-hydrogen) atoms. The fourth-order valence-electron chi connectivity index (χ4n) is 1.45. The first-order valence-corrected chi connectivity index (χ1v) is 7.52. The largest absolute Gasteiger partial charge is 0.394 e. The van der Waals surface area contributed by atoms with E-state index in [0.29, 0.717) is 5.56 Å². The summed E-state index contributed by atoms with van der Waals surface area (Å²) in [5.74, 6) is -0.490. The number of hydrogen-bond donors (Lipinski definition) is 3. The number of hydrogen-bond acceptors (Lipinski definition) is 5. The molecule has 0 saturated heterocycles. The van der Waals surface area contributed by atoms with Crippen molar-refractivity contribution >= 4 is 15.7 Å². The minimum absolute atomic E-state index is 0.0611. The highest BCUT2D eigenvalue weighted by atomic mass is 32.2. The zero-order valence-electron chi connectivity index (χ0n) is 10.8. The molecule has 0 aromatic heterocycles. The van der Waals surface area contributed by atoms with E-state index in [4.69, 9.17) is 10.2 Å². The number of aryl methyl sites for hydroxylation is 1. The van der Waals surface area contributed by atoms with E-state index in [9.17, 15) is 13.2 Å². The number of rotatable bonds is 5. The zero-order valence-corrected chi connectivity index (χ0v) is 11.6. The monoisotopic (exact) mass is 287 g/mol. The van der Waals surface area contributed by atoms with E-state index in [0.717, 1.165) is 6.26 Å². The van der Waals surface area contributed by atoms with E-state index in [2.05, 4.69) is 5.32 Å². The molecule has 1 aromatic rings. The number of nitrogens with one attached hydrogen (secondary N) is 1. The van der Waals surface area contributed by atoms with Crippen LogP contribution in [0.4, 0.5) is 0 Å². The number of carbonyl (C=O) groups excluding carboxylic acids is 1. The molecule has 6 nitrogen and oxygen atoms in total. The average Bonchev–Trinajstić information content (AvgIpc) is 2.34. The van der Waals surface area contributed by atoms with Gasteiger partial charge in [-0.15, -0.1) is 0 Å². The Morgan fingerprint density at radius 2 is 2.05 bits per heavy atom. The highest BCUT2D eigenvalue weighted by molar-refractivity contribution is 7.90. The Morgan fingerprint density at radius 1 is 1.42 bits per heavy atom. The number of aliphatic hydroxyl groups is 2. The quantitative estimate of drug-likeness (QED) is 0.676. The molecule has 0 heterocycles. The van der Waals surface area contributed by atoms with Crippen LogP contribution in [0.1, 0.15) is 15.9 Å². The normalized spacial score (nSPS) is 13.1. The lowest BCUT2D eigenvalue weighted by molar-refractivity contribution is 0.0801. The van der Waals surface area contributed by atoms with Gasteiger partial charge in [0.2, 0.25) is 0 Å². The Hall–Kier alpha value is -1.44. The fraction of sp³-hybridized carbons (Fsp3) is 0.417. The molecule has 0 aliphatic heterocycles. The van der Waals surface area contributed by atoms with Crippen molar-refractivity contribution in [3.63, 3.8) is 0 Å². The van der Waals surface area contributed by atoms with Crippen LogP contribution in [0.2, 0.25) is 0 Å². The average molecular weight is 287 g/mol. The summed E-state index contributed by atoms with van der Waals surface area (Å²) in [6.07, 6.45) is 0.0249. The molecule has 3 N–H and O–H groups in total. The van der Waals surface area contributed by atoms with Gasteiger partial charge in [-0.1, -0.05) is 6.07 Å². The van der Waals surface area contributed by atoms with Crippen LogP contribution in [-0.4, -0.2) is 50.0 Å². The van der Waals surface area contributed by atoms with Crippen LogP contribution >= 0.6 is 0 Å². The maximum Gasteiger partial charge on any atom is 0.251 e. The summed E-state index contributed by atoms with van der Waals surface area (Å²) < 4.78 is 22.9. The molecule has 0 saturated carbocycles. The molecule has 1 rings (SSSR count). The highest BCUT2D eigenvalue weighted by Gasteiger charge is 2.15. The van der Waals surface area contributed by atoms with E-state index in [1.807, 2.05) is 0 Å². The van der Waals surface area contributed by atoms with Crippen LogP contribution in [0, 0.1) is 6.92 Å². The van der Waals surface area contributed by atoms with Crippen molar-refractivity contribution in [2.45, 2.75) is 17.9 Å². The van der Waals surface area contributed by atoms with Gasteiger partial charge in [-0.25, -0.2) is 8.42 Å². The minimum atomic E-state index is -3.38. The lowest BCUT2D eigenvalue weighted by atomic mass is 10.1. The molecule has 1 atom stereocenters. The topological polar surface area (TPSA) is 104 Å². The standard InChI is InChI=1S/C12H17NO5S/c1-8-3-4-10(19(2,17)18)5-11(8)12(16)13-6-9(15)7-14/h3-5,9,14-15H,6-7H2,1-2H3,(H,13,16). The van der Waals surface area contributed by atoms with Gasteiger partial charge in [0.05, 0.1) is 17.6 Å². The number of amides is 1. The molecule has 1 amide bonds. The molecular formula is C12H17NO5S. The Kier molecular flexibility index (Phi) is 5.04. The Bertz CT molecular complexity index is 567. The lowest BCUT2D eigenvalue weighted by Gasteiger charge is -2.11. The number of carbonyl (C=O) groups is 1. The Balaban J connectivity index is 2.96. The second-order valence-electron chi connectivity index (χ2n) is 4.30. The van der Waals surface area contributed by atoms with Crippen LogP contribution in [0.3, 0.4) is 0 Å². The van der Waals surface area contributed by atoms with Crippen molar-refractivity contribution in [1.29, 1.82) is 0 Å². The van der Waals surface area contributed by atoms with Crippen molar-refractivity contribution in [1.82, 2.24) is 5.32 Å². The minimum Gasteiger partial charge on any atom is -0.394 e. The van der Waals surface area contributed by atoms with Gasteiger partial charge in [-0.3, -0.25) is 4.79 Å². The number of benzene rings is 1. The van der Waals surface area contributed by atoms with Gasteiger partial charge in [0.25, 0.3) is 5.91 Å². The van der Waals surface area contributed by atoms with E-state index < -0.39 is 28.5 Å². The van der Waals surface area contributed by atoms with Crippen molar-refractivity contribution in [2.24, 2.45) is 0 Å². The van der Waals surface area contributed by atoms with Crippen LogP contribution in [-0.2, 0) is 9.84 Å². The third-order valence-electron chi connectivity index (χ3n) is 2.59. The molecule has 7 heteroatoms. The molecule has 0 fully saturated rings. The molecule has 0 aliphatic rings. The Morgan fingerprint density at radius 3 is 2.58 bits per heavy atom. The van der Waals surface area contributed by atoms with E-state index in [1.165, 1.54) is 12.1 Å². The first-order valence-electron chi connectivity index (χ1n) is 5.63. The van der Waals surface area contributed by atoms with Gasteiger partial charge in [0, 0.05) is 18.4 Å². The summed E-state index contributed by atoms with van der Waals surface area (Å²) in [5, 5.41) is 20.2. The zero-order chi connectivity index (χ0) is 14.6. The molecule has 106 valence electrons. The Labute approximate surface area is 112 Å². The van der Waals surface area contributed by atoms with Gasteiger partial charge >= 0.3 is 0 Å². The molecular weight excluding hydrogens is 270 g/mol. The molecule has 0 spiro atoms. The van der Waals surface area contributed by atoms with E-state index in [-0.39, 0.29) is 17.0 Å². The van der Waals surface area contributed by atoms with Crippen LogP contribution in [0.5, 0.6) is 0 Å². The fourth-order valence-corrected chi connectivity index (χ4v) is 2.09. The van der Waals surface area contributed by atoms with Crippen molar-refractivity contribution < 1.29 is 23.4 Å². The summed E-state index contributed by atoms with van der Waals surface area (Å²) in [7, 11) is -3.38. The predicted molar refractivity (Wildman–Crippen MR) is 69.7 cm³/mol. The molecule has 1 aromatic carbocycles. The van der Waals surface area contributed by atoms with Crippen LogP contribution < -0.4 is 5.32 Å². The third-order valence-corrected chi connectivity index (χ3v) is 3.70. The second-order valence-corrected chi connectivity index (χ2v) is 6.31. The summed E-state index contributed by atoms with van der Waals surface area (Å²) in [6, 6.07) is 4.28. The summed E-state index contributed by atoms with van der Waals surface area (Å²) >= 11 is 0. The molecule has 0 aliphatic carbocycles. The summed E-state index contributed by atoms with van der Waals surface area (Å²) in [4.78, 5) is 11.9. The molecule has 0 bridgehead atoms. The van der Waals surface area contributed by atoms with Crippen molar-refractivity contribution in [3.8, 4) is 0 Å². The van der Waals surface area contributed by atoms with Gasteiger partial charge in [0.1, 0.15) is 0 Å². The first-order chi connectivity index (χ1) is 8.75. The van der Waals surface area contributed by atoms with Gasteiger partial charge in [-0.2, -0.15) is 0 Å². The van der Waals surface area contributed by atoms with Crippen LogP contribution in [0.25, 0.3) is 0 Å². The van der Waals surface area contributed by atoms with E-state index >= 15 is 0 Å². The smallest absolute Gasteiger partial charge is 0.251 e. The maximum absolute atomic E-state index is 11.9. The van der Waals surface area contributed by atoms with Gasteiger partial charge < -0.3 is 15.5 Å². The SMILES string of the molecule is Cc1ccc(S(C)(=O)=O)cc1C(=O)NCC(O)CO. The van der Waals surface area contributed by atoms with E-state index in [1.54, 1.807) is 13.0 Å². The molecule has 0 radical (unpaired) electrons. The molecule has 1 unspecified atom stereocenters. The van der Waals surface area contributed by atoms with Gasteiger partial charge in [0.15, 0.2) is 9.84 Å². The lowest BCUT2D eigenvalue weighted by Crippen LogP contribution is -2.34. The van der Waals surface area contributed by atoms with Crippen molar-refractivity contribution in [3.05, 3.63) is 29.3 Å². The van der Waals surface area contributed by atoms with Crippen LogP contribution in [0.15, 0.2) is 23.1 Å². The third kappa shape index (κ3) is 4.30. The summed E-state index contributed by atoms with van der Waals surface area (Å²) in [6.45, 7) is 1.13. The highest BCUT2D eigenvalue weighted by Crippen LogP contribution is 2.15. The van der Waals surface area contributed by atoms with Crippen molar-refractivity contribution in [2.75, 3.05) is 19.4 Å². The number of aliphatic hydroxyl groups excluding tert-OH is 2. The first kappa shape index (κ1) is 15.6. The summed E-state index contributed by atoms with van der Waals surface area (Å²) in [5.41, 5.74) is 0.858. The maximum atomic E-state index is 11.9. The second kappa shape index (κ2) is 6.14. The number of sulfone groups is 1. The predicted octanol–water partition coefficient (Wildman–Crippen LogP) is -0.518.